The molecule has 0 N–H and O–H groups in total. The van der Waals surface area contributed by atoms with Crippen molar-refractivity contribution in [3.63, 3.8) is 0 Å². The Morgan fingerprint density at radius 3 is 1.86 bits per heavy atom. The minimum absolute atomic E-state index is 0.941. The largest absolute Gasteiger partial charge is 0.306 e. The van der Waals surface area contributed by atoms with Crippen LogP contribution in [0.25, 0.3) is 0 Å². The SMILES string of the molecule is CC1CN(CCN2CCN(CCC3CCN(C)CC3)CC2)C1. The Morgan fingerprint density at radius 1 is 0.727 bits per heavy atom. The highest BCUT2D eigenvalue weighted by atomic mass is 15.3. The van der Waals surface area contributed by atoms with Crippen LogP contribution >= 0.6 is 0 Å². The highest BCUT2D eigenvalue weighted by molar-refractivity contribution is 4.79. The van der Waals surface area contributed by atoms with Crippen LogP contribution < -0.4 is 0 Å². The average Bonchev–Trinajstić information content (AvgIpc) is 2.51. The lowest BCUT2D eigenvalue weighted by Gasteiger charge is -2.40. The van der Waals surface area contributed by atoms with Crippen molar-refractivity contribution >= 4 is 0 Å². The maximum Gasteiger partial charge on any atom is 0.0110 e. The first-order chi connectivity index (χ1) is 10.7. The highest BCUT2D eigenvalue weighted by Gasteiger charge is 2.24. The smallest absolute Gasteiger partial charge is 0.0110 e. The molecule has 128 valence electrons. The molecule has 3 fully saturated rings. The van der Waals surface area contributed by atoms with Gasteiger partial charge in [-0.25, -0.2) is 0 Å². The van der Waals surface area contributed by atoms with Crippen LogP contribution in [0.2, 0.25) is 0 Å². The molecule has 0 atom stereocenters. The molecule has 0 aliphatic carbocycles. The van der Waals surface area contributed by atoms with Crippen molar-refractivity contribution < 1.29 is 0 Å². The Balaban J connectivity index is 1.24. The Labute approximate surface area is 137 Å². The van der Waals surface area contributed by atoms with E-state index < -0.39 is 0 Å². The van der Waals surface area contributed by atoms with Crippen molar-refractivity contribution in [1.82, 2.24) is 19.6 Å². The van der Waals surface area contributed by atoms with Gasteiger partial charge in [0.1, 0.15) is 0 Å². The minimum Gasteiger partial charge on any atom is -0.306 e. The van der Waals surface area contributed by atoms with Gasteiger partial charge in [0.15, 0.2) is 0 Å². The molecule has 3 aliphatic heterocycles. The van der Waals surface area contributed by atoms with Crippen LogP contribution in [0.3, 0.4) is 0 Å². The lowest BCUT2D eigenvalue weighted by atomic mass is 9.93. The number of piperazine rings is 1. The minimum atomic E-state index is 0.941. The van der Waals surface area contributed by atoms with E-state index in [0.29, 0.717) is 0 Å². The van der Waals surface area contributed by atoms with E-state index in [1.54, 1.807) is 0 Å². The third-order valence-corrected chi connectivity index (χ3v) is 6.03. The van der Waals surface area contributed by atoms with E-state index in [1.165, 1.54) is 91.3 Å². The van der Waals surface area contributed by atoms with Gasteiger partial charge in [-0.15, -0.1) is 0 Å². The molecule has 3 rings (SSSR count). The van der Waals surface area contributed by atoms with E-state index in [-0.39, 0.29) is 0 Å². The number of hydrogen-bond donors (Lipinski definition) is 0. The van der Waals surface area contributed by atoms with Crippen LogP contribution in [-0.4, -0.2) is 98.6 Å². The van der Waals surface area contributed by atoms with E-state index >= 15 is 0 Å². The summed E-state index contributed by atoms with van der Waals surface area (Å²) in [6, 6.07) is 0. The fourth-order valence-corrected chi connectivity index (χ4v) is 4.25. The number of nitrogens with zero attached hydrogens (tertiary/aromatic N) is 4. The first-order valence-electron chi connectivity index (χ1n) is 9.54. The second-order valence-corrected chi connectivity index (χ2v) is 8.08. The number of hydrogen-bond acceptors (Lipinski definition) is 4. The molecule has 22 heavy (non-hydrogen) atoms. The number of rotatable bonds is 6. The monoisotopic (exact) mass is 308 g/mol. The van der Waals surface area contributed by atoms with Gasteiger partial charge in [0.25, 0.3) is 0 Å². The fourth-order valence-electron chi connectivity index (χ4n) is 4.25. The summed E-state index contributed by atoms with van der Waals surface area (Å²) in [6.07, 6.45) is 4.27. The number of piperidine rings is 1. The van der Waals surface area contributed by atoms with Gasteiger partial charge in [-0.1, -0.05) is 6.92 Å². The van der Waals surface area contributed by atoms with Gasteiger partial charge in [-0.05, 0) is 57.8 Å². The van der Waals surface area contributed by atoms with Gasteiger partial charge in [-0.3, -0.25) is 4.90 Å². The molecule has 3 saturated heterocycles. The maximum absolute atomic E-state index is 2.71. The van der Waals surface area contributed by atoms with Gasteiger partial charge in [0, 0.05) is 52.4 Å². The highest BCUT2D eigenvalue weighted by Crippen LogP contribution is 2.20. The topological polar surface area (TPSA) is 13.0 Å². The number of likely N-dealkylation sites (tertiary alicyclic amines) is 2. The van der Waals surface area contributed by atoms with Crippen LogP contribution in [-0.2, 0) is 0 Å². The molecule has 0 unspecified atom stereocenters. The van der Waals surface area contributed by atoms with E-state index in [4.69, 9.17) is 0 Å². The van der Waals surface area contributed by atoms with E-state index in [0.717, 1.165) is 11.8 Å². The molecule has 4 nitrogen and oxygen atoms in total. The summed E-state index contributed by atoms with van der Waals surface area (Å²) in [5, 5.41) is 0. The second kappa shape index (κ2) is 8.09. The summed E-state index contributed by atoms with van der Waals surface area (Å²) in [4.78, 5) is 10.5. The Kier molecular flexibility index (Phi) is 6.14. The average molecular weight is 309 g/mol. The standard InChI is InChI=1S/C18H36N4/c1-17-15-22(16-17)14-13-21-11-9-20(10-12-21)8-5-18-3-6-19(2)7-4-18/h17-18H,3-16H2,1-2H3. The van der Waals surface area contributed by atoms with Crippen LogP contribution in [0.5, 0.6) is 0 Å². The van der Waals surface area contributed by atoms with Gasteiger partial charge in [0.05, 0.1) is 0 Å². The lowest BCUT2D eigenvalue weighted by Crippen LogP contribution is -2.52. The van der Waals surface area contributed by atoms with Crippen LogP contribution in [0.4, 0.5) is 0 Å². The third kappa shape index (κ3) is 4.92. The summed E-state index contributed by atoms with van der Waals surface area (Å²) in [5.41, 5.74) is 0. The molecule has 0 spiro atoms. The van der Waals surface area contributed by atoms with Crippen molar-refractivity contribution in [2.45, 2.75) is 26.2 Å². The summed E-state index contributed by atoms with van der Waals surface area (Å²) in [7, 11) is 2.26. The van der Waals surface area contributed by atoms with Crippen molar-refractivity contribution in [1.29, 1.82) is 0 Å². The van der Waals surface area contributed by atoms with Gasteiger partial charge in [-0.2, -0.15) is 0 Å². The summed E-state index contributed by atoms with van der Waals surface area (Å²) < 4.78 is 0. The zero-order chi connectivity index (χ0) is 15.4. The van der Waals surface area contributed by atoms with Crippen molar-refractivity contribution in [3.05, 3.63) is 0 Å². The zero-order valence-electron chi connectivity index (χ0n) is 14.8. The normalized spacial score (nSPS) is 28.1. The Morgan fingerprint density at radius 2 is 1.27 bits per heavy atom. The molecular formula is C18H36N4. The van der Waals surface area contributed by atoms with E-state index in [9.17, 15) is 0 Å². The van der Waals surface area contributed by atoms with Crippen LogP contribution in [0, 0.1) is 11.8 Å². The Bertz CT molecular complexity index is 313. The van der Waals surface area contributed by atoms with Crippen molar-refractivity contribution in [3.8, 4) is 0 Å². The van der Waals surface area contributed by atoms with Crippen molar-refractivity contribution in [2.24, 2.45) is 11.8 Å². The summed E-state index contributed by atoms with van der Waals surface area (Å²) >= 11 is 0. The Hall–Kier alpha value is -0.160. The predicted molar refractivity (Wildman–Crippen MR) is 93.3 cm³/mol. The first kappa shape index (κ1) is 16.7. The molecule has 3 aliphatic rings. The summed E-state index contributed by atoms with van der Waals surface area (Å²) in [5.74, 6) is 1.93. The molecule has 3 heterocycles. The second-order valence-electron chi connectivity index (χ2n) is 8.08. The fraction of sp³-hybridized carbons (Fsp3) is 1.00. The molecule has 0 bridgehead atoms. The molecule has 0 aromatic carbocycles. The molecule has 0 saturated carbocycles. The van der Waals surface area contributed by atoms with Crippen molar-refractivity contribution in [2.75, 3.05) is 79.0 Å². The van der Waals surface area contributed by atoms with Crippen LogP contribution in [0.15, 0.2) is 0 Å². The third-order valence-electron chi connectivity index (χ3n) is 6.03. The molecule has 0 radical (unpaired) electrons. The first-order valence-corrected chi connectivity index (χ1v) is 9.54. The molecule has 4 heteroatoms. The van der Waals surface area contributed by atoms with E-state index in [1.807, 2.05) is 0 Å². The molecule has 0 aromatic heterocycles. The quantitative estimate of drug-likeness (QED) is 0.733. The zero-order valence-corrected chi connectivity index (χ0v) is 14.8. The van der Waals surface area contributed by atoms with Gasteiger partial charge >= 0.3 is 0 Å². The van der Waals surface area contributed by atoms with Gasteiger partial charge in [0.2, 0.25) is 0 Å². The summed E-state index contributed by atoms with van der Waals surface area (Å²) in [6.45, 7) is 16.7. The molecule has 0 aromatic rings. The maximum atomic E-state index is 2.71. The lowest BCUT2D eigenvalue weighted by molar-refractivity contribution is 0.0737. The van der Waals surface area contributed by atoms with Gasteiger partial charge < -0.3 is 14.7 Å². The molecule has 0 amide bonds. The predicted octanol–water partition coefficient (Wildman–Crippen LogP) is 1.29. The van der Waals surface area contributed by atoms with E-state index in [2.05, 4.69) is 33.6 Å². The molecular weight excluding hydrogens is 272 g/mol. The van der Waals surface area contributed by atoms with Crippen LogP contribution in [0.1, 0.15) is 26.2 Å².